The van der Waals surface area contributed by atoms with Crippen LogP contribution in [-0.2, 0) is 16.1 Å². The van der Waals surface area contributed by atoms with Gasteiger partial charge in [0, 0.05) is 38.8 Å². The molecule has 0 radical (unpaired) electrons. The molecule has 3 aliphatic rings. The van der Waals surface area contributed by atoms with Gasteiger partial charge < -0.3 is 20.1 Å². The molecule has 8 heteroatoms. The molecule has 0 aromatic heterocycles. The number of hydrogen-bond acceptors (Lipinski definition) is 6. The number of benzene rings is 1. The molecule has 1 aliphatic carbocycles. The van der Waals surface area contributed by atoms with Gasteiger partial charge in [0.15, 0.2) is 11.5 Å². The van der Waals surface area contributed by atoms with E-state index < -0.39 is 0 Å². The zero-order chi connectivity index (χ0) is 20.4. The van der Waals surface area contributed by atoms with E-state index in [4.69, 9.17) is 9.47 Å². The quantitative estimate of drug-likeness (QED) is 0.699. The Morgan fingerprint density at radius 1 is 1.00 bits per heavy atom. The van der Waals surface area contributed by atoms with Crippen molar-refractivity contribution in [2.45, 2.75) is 51.4 Å². The minimum absolute atomic E-state index is 0.00985. The molecule has 4 rings (SSSR count). The zero-order valence-corrected chi connectivity index (χ0v) is 17.1. The van der Waals surface area contributed by atoms with Gasteiger partial charge in [-0.15, -0.1) is 0 Å². The van der Waals surface area contributed by atoms with Gasteiger partial charge in [0.2, 0.25) is 18.6 Å². The predicted octanol–water partition coefficient (Wildman–Crippen LogP) is 0.705. The molecule has 158 valence electrons. The maximum atomic E-state index is 12.6. The number of hydrogen-bond donors (Lipinski definition) is 2. The van der Waals surface area contributed by atoms with Crippen LogP contribution in [0, 0.1) is 0 Å². The molecule has 0 spiro atoms. The van der Waals surface area contributed by atoms with Crippen molar-refractivity contribution in [1.82, 2.24) is 20.4 Å². The third-order valence-electron chi connectivity index (χ3n) is 6.03. The Bertz CT molecular complexity index is 759. The van der Waals surface area contributed by atoms with Crippen LogP contribution in [-0.4, -0.2) is 72.7 Å². The molecule has 2 heterocycles. The van der Waals surface area contributed by atoms with Gasteiger partial charge in [-0.3, -0.25) is 19.4 Å². The number of amides is 2. The number of carbonyl (C=O) groups is 2. The molecule has 29 heavy (non-hydrogen) atoms. The van der Waals surface area contributed by atoms with Gasteiger partial charge in [-0.1, -0.05) is 6.07 Å². The second-order valence-electron chi connectivity index (χ2n) is 8.11. The van der Waals surface area contributed by atoms with Crippen LogP contribution in [0.3, 0.4) is 0 Å². The van der Waals surface area contributed by atoms with Crippen LogP contribution in [0.4, 0.5) is 0 Å². The molecule has 0 bridgehead atoms. The number of nitrogens with zero attached hydrogens (tertiary/aromatic N) is 2. The van der Waals surface area contributed by atoms with E-state index in [0.29, 0.717) is 12.6 Å². The van der Waals surface area contributed by atoms with Gasteiger partial charge in [0.1, 0.15) is 0 Å². The lowest BCUT2D eigenvalue weighted by molar-refractivity contribution is -0.130. The fourth-order valence-electron chi connectivity index (χ4n) is 3.78. The fourth-order valence-corrected chi connectivity index (χ4v) is 3.78. The first-order valence-electron chi connectivity index (χ1n) is 10.5. The Balaban J connectivity index is 1.22. The minimum atomic E-state index is -0.207. The zero-order valence-electron chi connectivity index (χ0n) is 17.1. The van der Waals surface area contributed by atoms with E-state index in [9.17, 15) is 9.59 Å². The summed E-state index contributed by atoms with van der Waals surface area (Å²) in [5.74, 6) is 1.60. The molecule has 1 saturated carbocycles. The first-order valence-corrected chi connectivity index (χ1v) is 10.5. The summed E-state index contributed by atoms with van der Waals surface area (Å²) in [6.45, 7) is 7.74. The smallest absolute Gasteiger partial charge is 0.237 e. The van der Waals surface area contributed by atoms with Crippen LogP contribution in [0.25, 0.3) is 0 Å². The van der Waals surface area contributed by atoms with Gasteiger partial charge >= 0.3 is 0 Å². The Kier molecular flexibility index (Phi) is 5.91. The second kappa shape index (κ2) is 8.59. The highest BCUT2D eigenvalue weighted by atomic mass is 16.7. The highest BCUT2D eigenvalue weighted by Crippen LogP contribution is 2.32. The lowest BCUT2D eigenvalue weighted by Gasteiger charge is -2.39. The van der Waals surface area contributed by atoms with Crippen molar-refractivity contribution in [3.63, 3.8) is 0 Å². The summed E-state index contributed by atoms with van der Waals surface area (Å²) < 4.78 is 10.7. The lowest BCUT2D eigenvalue weighted by Crippen LogP contribution is -2.57. The summed E-state index contributed by atoms with van der Waals surface area (Å²) in [5, 5.41) is 6.09. The Morgan fingerprint density at radius 3 is 2.28 bits per heavy atom. The van der Waals surface area contributed by atoms with Crippen LogP contribution in [0.5, 0.6) is 11.5 Å². The van der Waals surface area contributed by atoms with Gasteiger partial charge in [-0.05, 0) is 44.4 Å². The highest BCUT2D eigenvalue weighted by molar-refractivity contribution is 5.82. The first kappa shape index (κ1) is 20.0. The van der Waals surface area contributed by atoms with E-state index in [1.165, 1.54) is 0 Å². The number of carbonyl (C=O) groups excluding carboxylic acids is 2. The topological polar surface area (TPSA) is 83.1 Å². The van der Waals surface area contributed by atoms with Crippen molar-refractivity contribution >= 4 is 11.8 Å². The van der Waals surface area contributed by atoms with Gasteiger partial charge in [0.05, 0.1) is 12.1 Å². The van der Waals surface area contributed by atoms with E-state index in [-0.39, 0.29) is 30.7 Å². The minimum Gasteiger partial charge on any atom is -0.454 e. The summed E-state index contributed by atoms with van der Waals surface area (Å²) in [6, 6.07) is 5.77. The monoisotopic (exact) mass is 402 g/mol. The molecule has 2 N–H and O–H groups in total. The van der Waals surface area contributed by atoms with Gasteiger partial charge in [-0.25, -0.2) is 0 Å². The molecule has 2 aliphatic heterocycles. The summed E-state index contributed by atoms with van der Waals surface area (Å²) in [7, 11) is 0. The van der Waals surface area contributed by atoms with Crippen LogP contribution in [0.15, 0.2) is 18.2 Å². The van der Waals surface area contributed by atoms with Crippen LogP contribution in [0.1, 0.15) is 32.3 Å². The van der Waals surface area contributed by atoms with Crippen LogP contribution in [0.2, 0.25) is 0 Å². The number of piperazine rings is 1. The average molecular weight is 402 g/mol. The number of nitrogens with one attached hydrogen (secondary N) is 2. The molecular formula is C21H30N4O4. The predicted molar refractivity (Wildman–Crippen MR) is 108 cm³/mol. The molecule has 1 saturated heterocycles. The molecule has 2 fully saturated rings. The van der Waals surface area contributed by atoms with E-state index >= 15 is 0 Å². The molecule has 2 amide bonds. The van der Waals surface area contributed by atoms with E-state index in [2.05, 4.69) is 20.4 Å². The molecular weight excluding hydrogens is 372 g/mol. The Labute approximate surface area is 171 Å². The summed E-state index contributed by atoms with van der Waals surface area (Å²) in [5.41, 5.74) is 0.982. The van der Waals surface area contributed by atoms with Crippen molar-refractivity contribution < 1.29 is 19.1 Å². The first-order chi connectivity index (χ1) is 14.0. The van der Waals surface area contributed by atoms with Crippen LogP contribution < -0.4 is 20.1 Å². The van der Waals surface area contributed by atoms with E-state index in [1.807, 2.05) is 32.0 Å². The number of rotatable bonds is 7. The van der Waals surface area contributed by atoms with E-state index in [0.717, 1.165) is 56.1 Å². The van der Waals surface area contributed by atoms with Crippen molar-refractivity contribution in [1.29, 1.82) is 0 Å². The maximum absolute atomic E-state index is 12.6. The van der Waals surface area contributed by atoms with Gasteiger partial charge in [-0.2, -0.15) is 0 Å². The Morgan fingerprint density at radius 2 is 1.62 bits per heavy atom. The fraction of sp³-hybridized carbons (Fsp3) is 0.619. The summed E-state index contributed by atoms with van der Waals surface area (Å²) in [6.07, 6.45) is 2.20. The molecule has 1 aromatic rings. The standard InChI is InChI=1S/C21H30N4O4/c1-14(20(26)22-12-16-3-6-18-19(11-16)29-13-28-18)24-7-9-25(10-8-24)15(2)21(27)23-17-4-5-17/h3,6,11,14-15,17H,4-5,7-10,12-13H2,1-2H3,(H,22,26)(H,23,27)/t14-,15-/m0/s1. The summed E-state index contributed by atoms with van der Waals surface area (Å²) >= 11 is 0. The second-order valence-corrected chi connectivity index (χ2v) is 8.11. The third kappa shape index (κ3) is 4.82. The molecule has 0 unspecified atom stereocenters. The van der Waals surface area contributed by atoms with Crippen molar-refractivity contribution in [3.05, 3.63) is 23.8 Å². The SMILES string of the molecule is C[C@@H](C(=O)NCc1ccc2c(c1)OCO2)N1CCN([C@@H](C)C(=O)NC2CC2)CC1. The highest BCUT2D eigenvalue weighted by Gasteiger charge is 2.32. The van der Waals surface area contributed by atoms with Crippen molar-refractivity contribution in [2.24, 2.45) is 0 Å². The number of ether oxygens (including phenoxy) is 2. The summed E-state index contributed by atoms with van der Waals surface area (Å²) in [4.78, 5) is 29.3. The molecule has 1 aromatic carbocycles. The van der Waals surface area contributed by atoms with E-state index in [1.54, 1.807) is 0 Å². The largest absolute Gasteiger partial charge is 0.454 e. The maximum Gasteiger partial charge on any atom is 0.237 e. The van der Waals surface area contributed by atoms with Crippen LogP contribution >= 0.6 is 0 Å². The number of fused-ring (bicyclic) bond motifs is 1. The van der Waals surface area contributed by atoms with Crippen molar-refractivity contribution in [3.8, 4) is 11.5 Å². The lowest BCUT2D eigenvalue weighted by atomic mass is 10.1. The third-order valence-corrected chi connectivity index (χ3v) is 6.03. The average Bonchev–Trinajstić information content (AvgIpc) is 3.43. The normalized spacial score (nSPS) is 21.4. The van der Waals surface area contributed by atoms with Crippen molar-refractivity contribution in [2.75, 3.05) is 33.0 Å². The molecule has 2 atom stereocenters. The molecule has 8 nitrogen and oxygen atoms in total. The van der Waals surface area contributed by atoms with Gasteiger partial charge in [0.25, 0.3) is 0 Å². The Hall–Kier alpha value is -2.32.